The summed E-state index contributed by atoms with van der Waals surface area (Å²) in [6.45, 7) is 2.66. The van der Waals surface area contributed by atoms with Crippen LogP contribution in [0.5, 0.6) is 0 Å². The van der Waals surface area contributed by atoms with E-state index in [9.17, 15) is 9.90 Å². The van der Waals surface area contributed by atoms with E-state index >= 15 is 0 Å². The molecule has 0 unspecified atom stereocenters. The Morgan fingerprint density at radius 2 is 2.21 bits per heavy atom. The van der Waals surface area contributed by atoms with Crippen LogP contribution in [0.3, 0.4) is 0 Å². The van der Waals surface area contributed by atoms with Gasteiger partial charge in [0.2, 0.25) is 0 Å². The standard InChI is InChI=1S/C14H17BrN2O2/c1-9(8-18)7-17-12-6-11(15)4-3-10(12)5-13(17)14(19)16-2/h3-6,9,18H,7-8H2,1-2H3,(H,16,19)/t9-/m0/s1. The normalized spacial score (nSPS) is 12.6. The SMILES string of the molecule is CNC(=O)c1cc2ccc(Br)cc2n1C[C@H](C)CO. The molecule has 0 aliphatic heterocycles. The number of benzene rings is 1. The number of amides is 1. The summed E-state index contributed by atoms with van der Waals surface area (Å²) < 4.78 is 2.93. The van der Waals surface area contributed by atoms with Crippen LogP contribution in [-0.4, -0.2) is 29.2 Å². The third kappa shape index (κ3) is 2.82. The van der Waals surface area contributed by atoms with Gasteiger partial charge < -0.3 is 15.0 Å². The number of aliphatic hydroxyl groups is 1. The van der Waals surface area contributed by atoms with E-state index in [1.54, 1.807) is 7.05 Å². The minimum Gasteiger partial charge on any atom is -0.396 e. The van der Waals surface area contributed by atoms with Gasteiger partial charge in [-0.1, -0.05) is 28.9 Å². The minimum absolute atomic E-state index is 0.0954. The molecule has 5 heteroatoms. The molecule has 0 radical (unpaired) electrons. The molecule has 4 nitrogen and oxygen atoms in total. The Bertz CT molecular complexity index is 607. The van der Waals surface area contributed by atoms with Crippen molar-refractivity contribution in [2.45, 2.75) is 13.5 Å². The number of nitrogens with zero attached hydrogens (tertiary/aromatic N) is 1. The number of rotatable bonds is 4. The van der Waals surface area contributed by atoms with Gasteiger partial charge in [0.1, 0.15) is 5.69 Å². The highest BCUT2D eigenvalue weighted by Crippen LogP contribution is 2.25. The average molecular weight is 325 g/mol. The first kappa shape index (κ1) is 14.1. The molecule has 0 bridgehead atoms. The maximum atomic E-state index is 12.0. The van der Waals surface area contributed by atoms with Crippen LogP contribution in [0.2, 0.25) is 0 Å². The molecule has 0 aliphatic rings. The molecular weight excluding hydrogens is 308 g/mol. The Hall–Kier alpha value is -1.33. The minimum atomic E-state index is -0.113. The monoisotopic (exact) mass is 324 g/mol. The summed E-state index contributed by atoms with van der Waals surface area (Å²) in [4.78, 5) is 12.0. The molecule has 0 aliphatic carbocycles. The van der Waals surface area contributed by atoms with Gasteiger partial charge in [-0.2, -0.15) is 0 Å². The lowest BCUT2D eigenvalue weighted by atomic mass is 10.2. The fraction of sp³-hybridized carbons (Fsp3) is 0.357. The second kappa shape index (κ2) is 5.75. The predicted octanol–water partition coefficient (Wildman–Crippen LogP) is 2.39. The van der Waals surface area contributed by atoms with E-state index in [1.165, 1.54) is 0 Å². The number of halogens is 1. The number of hydrogen-bond donors (Lipinski definition) is 2. The average Bonchev–Trinajstić information content (AvgIpc) is 2.76. The van der Waals surface area contributed by atoms with Crippen molar-refractivity contribution >= 4 is 32.7 Å². The zero-order valence-corrected chi connectivity index (χ0v) is 12.6. The van der Waals surface area contributed by atoms with Crippen molar-refractivity contribution in [2.75, 3.05) is 13.7 Å². The van der Waals surface area contributed by atoms with Crippen LogP contribution in [0.4, 0.5) is 0 Å². The number of nitrogens with one attached hydrogen (secondary N) is 1. The van der Waals surface area contributed by atoms with Gasteiger partial charge in [0.15, 0.2) is 0 Å². The second-order valence-corrected chi connectivity index (χ2v) is 5.63. The molecule has 2 rings (SSSR count). The lowest BCUT2D eigenvalue weighted by molar-refractivity contribution is 0.0952. The summed E-state index contributed by atoms with van der Waals surface area (Å²) >= 11 is 3.45. The maximum absolute atomic E-state index is 12.0. The number of hydrogen-bond acceptors (Lipinski definition) is 2. The van der Waals surface area contributed by atoms with Crippen LogP contribution in [-0.2, 0) is 6.54 Å². The largest absolute Gasteiger partial charge is 0.396 e. The number of fused-ring (bicyclic) bond motifs is 1. The van der Waals surface area contributed by atoms with Gasteiger partial charge in [0, 0.05) is 35.6 Å². The van der Waals surface area contributed by atoms with Gasteiger partial charge in [-0.25, -0.2) is 0 Å². The number of aromatic nitrogens is 1. The fourth-order valence-corrected chi connectivity index (χ4v) is 2.46. The second-order valence-electron chi connectivity index (χ2n) is 4.71. The smallest absolute Gasteiger partial charge is 0.267 e. The molecule has 0 saturated carbocycles. The summed E-state index contributed by atoms with van der Waals surface area (Å²) in [6.07, 6.45) is 0. The third-order valence-electron chi connectivity index (χ3n) is 3.13. The number of carbonyl (C=O) groups is 1. The summed E-state index contributed by atoms with van der Waals surface area (Å²) in [5.41, 5.74) is 1.61. The van der Waals surface area contributed by atoms with E-state index in [0.717, 1.165) is 15.4 Å². The molecule has 1 atom stereocenters. The summed E-state index contributed by atoms with van der Waals surface area (Å²) in [5, 5.41) is 12.9. The Morgan fingerprint density at radius 1 is 1.47 bits per heavy atom. The van der Waals surface area contributed by atoms with Crippen molar-refractivity contribution in [1.82, 2.24) is 9.88 Å². The fourth-order valence-electron chi connectivity index (χ4n) is 2.11. The molecule has 0 spiro atoms. The van der Waals surface area contributed by atoms with Crippen LogP contribution in [0.15, 0.2) is 28.7 Å². The Morgan fingerprint density at radius 3 is 2.84 bits per heavy atom. The summed E-state index contributed by atoms with van der Waals surface area (Å²) in [5.74, 6) is -0.0181. The lowest BCUT2D eigenvalue weighted by Crippen LogP contribution is -2.23. The molecule has 1 amide bonds. The van der Waals surface area contributed by atoms with E-state index < -0.39 is 0 Å². The topological polar surface area (TPSA) is 54.3 Å². The highest BCUT2D eigenvalue weighted by molar-refractivity contribution is 9.10. The maximum Gasteiger partial charge on any atom is 0.267 e. The van der Waals surface area contributed by atoms with Gasteiger partial charge in [-0.15, -0.1) is 0 Å². The summed E-state index contributed by atoms with van der Waals surface area (Å²) in [7, 11) is 1.62. The van der Waals surface area contributed by atoms with E-state index in [1.807, 2.05) is 35.8 Å². The van der Waals surface area contributed by atoms with Crippen LogP contribution in [0.25, 0.3) is 10.9 Å². The molecule has 2 N–H and O–H groups in total. The Kier molecular flexibility index (Phi) is 4.27. The van der Waals surface area contributed by atoms with Crippen LogP contribution >= 0.6 is 15.9 Å². The van der Waals surface area contributed by atoms with Crippen LogP contribution < -0.4 is 5.32 Å². The number of aliphatic hydroxyl groups excluding tert-OH is 1. The molecular formula is C14H17BrN2O2. The highest BCUT2D eigenvalue weighted by Gasteiger charge is 2.16. The van der Waals surface area contributed by atoms with Gasteiger partial charge in [-0.3, -0.25) is 4.79 Å². The zero-order chi connectivity index (χ0) is 14.0. The highest BCUT2D eigenvalue weighted by atomic mass is 79.9. The Labute approximate surface area is 120 Å². The van der Waals surface area contributed by atoms with Gasteiger partial charge in [0.05, 0.1) is 0 Å². The van der Waals surface area contributed by atoms with Crippen molar-refractivity contribution in [3.05, 3.63) is 34.4 Å². The zero-order valence-electron chi connectivity index (χ0n) is 11.0. The predicted molar refractivity (Wildman–Crippen MR) is 79.3 cm³/mol. The Balaban J connectivity index is 2.59. The van der Waals surface area contributed by atoms with Crippen molar-refractivity contribution in [2.24, 2.45) is 5.92 Å². The van der Waals surface area contributed by atoms with Crippen LogP contribution in [0, 0.1) is 5.92 Å². The van der Waals surface area contributed by atoms with Crippen molar-refractivity contribution < 1.29 is 9.90 Å². The number of carbonyl (C=O) groups excluding carboxylic acids is 1. The van der Waals surface area contributed by atoms with Gasteiger partial charge >= 0.3 is 0 Å². The third-order valence-corrected chi connectivity index (χ3v) is 3.63. The quantitative estimate of drug-likeness (QED) is 0.907. The van der Waals surface area contributed by atoms with E-state index in [0.29, 0.717) is 12.2 Å². The molecule has 1 heterocycles. The van der Waals surface area contributed by atoms with Crippen LogP contribution in [0.1, 0.15) is 17.4 Å². The molecule has 1 aromatic carbocycles. The first-order valence-electron chi connectivity index (χ1n) is 6.18. The molecule has 1 aromatic heterocycles. The van der Waals surface area contributed by atoms with Gasteiger partial charge in [0.25, 0.3) is 5.91 Å². The lowest BCUT2D eigenvalue weighted by Gasteiger charge is -2.14. The van der Waals surface area contributed by atoms with E-state index in [-0.39, 0.29) is 18.4 Å². The molecule has 102 valence electrons. The van der Waals surface area contributed by atoms with Gasteiger partial charge in [-0.05, 0) is 24.1 Å². The first-order valence-corrected chi connectivity index (χ1v) is 6.98. The van der Waals surface area contributed by atoms with Crippen molar-refractivity contribution in [1.29, 1.82) is 0 Å². The van der Waals surface area contributed by atoms with Crippen molar-refractivity contribution in [3.63, 3.8) is 0 Å². The molecule has 0 saturated heterocycles. The first-order chi connectivity index (χ1) is 9.06. The van der Waals surface area contributed by atoms with E-state index in [2.05, 4.69) is 21.2 Å². The van der Waals surface area contributed by atoms with E-state index in [4.69, 9.17) is 0 Å². The molecule has 2 aromatic rings. The van der Waals surface area contributed by atoms with Crippen molar-refractivity contribution in [3.8, 4) is 0 Å². The summed E-state index contributed by atoms with van der Waals surface area (Å²) in [6, 6.07) is 7.80. The molecule has 0 fully saturated rings. The molecule has 19 heavy (non-hydrogen) atoms.